The lowest BCUT2D eigenvalue weighted by molar-refractivity contribution is -0.0888. The highest BCUT2D eigenvalue weighted by Gasteiger charge is 2.39. The topological polar surface area (TPSA) is 58.2 Å². The molecule has 0 aliphatic carbocycles. The molecule has 28 heavy (non-hydrogen) atoms. The Balaban J connectivity index is 1.86. The van der Waals surface area contributed by atoms with Gasteiger partial charge in [0, 0.05) is 24.2 Å². The molecule has 2 rings (SSSR count). The second-order valence-electron chi connectivity index (χ2n) is 5.76. The van der Waals surface area contributed by atoms with E-state index in [2.05, 4.69) is 10.9 Å². The van der Waals surface area contributed by atoms with E-state index in [9.17, 15) is 35.9 Å². The predicted molar refractivity (Wildman–Crippen MR) is 87.3 cm³/mol. The fraction of sp³-hybridized carbons (Fsp3) is 0.222. The summed E-state index contributed by atoms with van der Waals surface area (Å²) in [5.41, 5.74) is 5.52. The van der Waals surface area contributed by atoms with Gasteiger partial charge in [0.2, 0.25) is 0 Å². The first-order chi connectivity index (χ1) is 13.0. The number of halogens is 6. The van der Waals surface area contributed by atoms with Crippen LogP contribution in [0.2, 0.25) is 0 Å². The monoisotopic (exact) mass is 404 g/mol. The molecule has 0 fully saturated rings. The van der Waals surface area contributed by atoms with Crippen molar-refractivity contribution in [3.8, 4) is 0 Å². The Kier molecular flexibility index (Phi) is 6.57. The summed E-state index contributed by atoms with van der Waals surface area (Å²) in [7, 11) is 0. The zero-order chi connectivity index (χ0) is 20.9. The van der Waals surface area contributed by atoms with Gasteiger partial charge in [0.05, 0.1) is 0 Å². The molecule has 2 aromatic carbocycles. The van der Waals surface area contributed by atoms with Crippen LogP contribution in [0, 0.1) is 0 Å². The average Bonchev–Trinajstić information content (AvgIpc) is 2.63. The molecule has 10 heteroatoms. The number of Topliss-reactive ketones (excluding diaryl/α,β-unsaturated/α-hetero) is 2. The minimum atomic E-state index is -4.95. The molecule has 0 aliphatic rings. The highest BCUT2D eigenvalue weighted by molar-refractivity contribution is 6.00. The van der Waals surface area contributed by atoms with Gasteiger partial charge in [-0.05, 0) is 17.2 Å². The summed E-state index contributed by atoms with van der Waals surface area (Å²) in [6.07, 6.45) is -9.90. The zero-order valence-electron chi connectivity index (χ0n) is 14.1. The molecular weight excluding hydrogens is 390 g/mol. The molecule has 0 amide bonds. The van der Waals surface area contributed by atoms with Gasteiger partial charge in [0.25, 0.3) is 11.6 Å². The third-order valence-electron chi connectivity index (χ3n) is 3.63. The van der Waals surface area contributed by atoms with Gasteiger partial charge in [-0.25, -0.2) is 0 Å². The molecule has 0 saturated heterocycles. The molecule has 4 nitrogen and oxygen atoms in total. The number of carbonyl (C=O) groups is 2. The highest BCUT2D eigenvalue weighted by atomic mass is 19.4. The van der Waals surface area contributed by atoms with E-state index in [1.165, 1.54) is 24.3 Å². The van der Waals surface area contributed by atoms with Gasteiger partial charge in [-0.3, -0.25) is 20.4 Å². The lowest BCUT2D eigenvalue weighted by Gasteiger charge is -2.10. The van der Waals surface area contributed by atoms with Crippen LogP contribution in [-0.2, 0) is 13.1 Å². The minimum Gasteiger partial charge on any atom is -0.284 e. The molecule has 0 unspecified atom stereocenters. The first-order valence-electron chi connectivity index (χ1n) is 7.85. The predicted octanol–water partition coefficient (Wildman–Crippen LogP) is 3.97. The van der Waals surface area contributed by atoms with Crippen molar-refractivity contribution >= 4 is 11.6 Å². The Labute approximate surface area is 155 Å². The fourth-order valence-corrected chi connectivity index (χ4v) is 2.25. The highest BCUT2D eigenvalue weighted by Crippen LogP contribution is 2.22. The third-order valence-corrected chi connectivity index (χ3v) is 3.63. The summed E-state index contributed by atoms with van der Waals surface area (Å²) < 4.78 is 74.3. The number of rotatable bonds is 7. The van der Waals surface area contributed by atoms with E-state index in [0.717, 1.165) is 24.3 Å². The molecule has 0 atom stereocenters. The average molecular weight is 404 g/mol. The summed E-state index contributed by atoms with van der Waals surface area (Å²) >= 11 is 0. The van der Waals surface area contributed by atoms with Crippen molar-refractivity contribution in [2.75, 3.05) is 0 Å². The number of nitrogens with one attached hydrogen (secondary N) is 2. The maximum atomic E-state index is 12.4. The molecule has 0 spiro atoms. The van der Waals surface area contributed by atoms with Crippen LogP contribution < -0.4 is 10.9 Å². The number of hydrazine groups is 1. The lowest BCUT2D eigenvalue weighted by atomic mass is 10.1. The van der Waals surface area contributed by atoms with E-state index >= 15 is 0 Å². The van der Waals surface area contributed by atoms with E-state index in [1.54, 1.807) is 0 Å². The standard InChI is InChI=1S/C18H14F6N2O2/c19-17(20,21)15(27)13-6-4-11(5-7-13)9-25-26-10-12-2-1-3-14(8-12)16(28)18(22,23)24/h1-8,25-26H,9-10H2. The van der Waals surface area contributed by atoms with Crippen molar-refractivity contribution in [1.29, 1.82) is 0 Å². The normalized spacial score (nSPS) is 12.1. The fourth-order valence-electron chi connectivity index (χ4n) is 2.25. The Bertz CT molecular complexity index is 844. The van der Waals surface area contributed by atoms with Crippen LogP contribution in [0.25, 0.3) is 0 Å². The molecule has 0 aromatic heterocycles. The number of hydrogen-bond donors (Lipinski definition) is 2. The number of ketones is 2. The van der Waals surface area contributed by atoms with E-state index in [1.807, 2.05) is 0 Å². The van der Waals surface area contributed by atoms with Crippen LogP contribution in [0.5, 0.6) is 0 Å². The van der Waals surface area contributed by atoms with Crippen LogP contribution in [-0.4, -0.2) is 23.9 Å². The summed E-state index contributed by atoms with van der Waals surface area (Å²) in [5.74, 6) is -3.87. The maximum Gasteiger partial charge on any atom is 0.454 e. The molecule has 2 aromatic rings. The third kappa shape index (κ3) is 5.89. The molecule has 0 aliphatic heterocycles. The Morgan fingerprint density at radius 3 is 1.71 bits per heavy atom. The van der Waals surface area contributed by atoms with Crippen molar-refractivity contribution in [2.24, 2.45) is 0 Å². The lowest BCUT2D eigenvalue weighted by Crippen LogP contribution is -2.30. The van der Waals surface area contributed by atoms with Crippen LogP contribution in [0.15, 0.2) is 48.5 Å². The zero-order valence-corrected chi connectivity index (χ0v) is 14.1. The Hall–Kier alpha value is -2.72. The van der Waals surface area contributed by atoms with Gasteiger partial charge in [-0.2, -0.15) is 26.3 Å². The van der Waals surface area contributed by atoms with Crippen molar-refractivity contribution in [3.63, 3.8) is 0 Å². The van der Waals surface area contributed by atoms with Gasteiger partial charge in [0.1, 0.15) is 0 Å². The molecule has 150 valence electrons. The van der Waals surface area contributed by atoms with Crippen molar-refractivity contribution in [1.82, 2.24) is 10.9 Å². The van der Waals surface area contributed by atoms with E-state index in [4.69, 9.17) is 0 Å². The summed E-state index contributed by atoms with van der Waals surface area (Å²) in [4.78, 5) is 22.3. The number of carbonyl (C=O) groups excluding carboxylic acids is 2. The minimum absolute atomic E-state index is 0.101. The summed E-state index contributed by atoms with van der Waals surface area (Å²) in [6, 6.07) is 9.83. The molecule has 0 heterocycles. The number of hydrogen-bond acceptors (Lipinski definition) is 4. The van der Waals surface area contributed by atoms with Crippen LogP contribution in [0.1, 0.15) is 31.8 Å². The van der Waals surface area contributed by atoms with Crippen LogP contribution >= 0.6 is 0 Å². The SMILES string of the molecule is O=C(c1ccc(CNNCc2cccc(C(=O)C(F)(F)F)c2)cc1)C(F)(F)F. The number of benzene rings is 2. The molecule has 2 N–H and O–H groups in total. The summed E-state index contributed by atoms with van der Waals surface area (Å²) in [6.45, 7) is 0.283. The maximum absolute atomic E-state index is 12.4. The molecule has 0 saturated carbocycles. The van der Waals surface area contributed by atoms with Crippen molar-refractivity contribution < 1.29 is 35.9 Å². The Morgan fingerprint density at radius 2 is 1.18 bits per heavy atom. The second-order valence-corrected chi connectivity index (χ2v) is 5.76. The first-order valence-corrected chi connectivity index (χ1v) is 7.85. The smallest absolute Gasteiger partial charge is 0.284 e. The van der Waals surface area contributed by atoms with Crippen LogP contribution in [0.4, 0.5) is 26.3 Å². The van der Waals surface area contributed by atoms with Crippen LogP contribution in [0.3, 0.4) is 0 Å². The van der Waals surface area contributed by atoms with Gasteiger partial charge in [-0.1, -0.05) is 42.5 Å². The Morgan fingerprint density at radius 1 is 0.679 bits per heavy atom. The quantitative estimate of drug-likeness (QED) is 0.317. The summed E-state index contributed by atoms with van der Waals surface area (Å²) in [5, 5.41) is 0. The molecular formula is C18H14F6N2O2. The van der Waals surface area contributed by atoms with E-state index in [0.29, 0.717) is 11.1 Å². The van der Waals surface area contributed by atoms with E-state index < -0.39 is 35.0 Å². The molecule has 0 bridgehead atoms. The van der Waals surface area contributed by atoms with Gasteiger partial charge in [-0.15, -0.1) is 0 Å². The largest absolute Gasteiger partial charge is 0.454 e. The van der Waals surface area contributed by atoms with Gasteiger partial charge >= 0.3 is 12.4 Å². The number of alkyl halides is 6. The first kappa shape index (κ1) is 21.6. The molecule has 0 radical (unpaired) electrons. The van der Waals surface area contributed by atoms with Gasteiger partial charge in [0.15, 0.2) is 0 Å². The second kappa shape index (κ2) is 8.53. The van der Waals surface area contributed by atoms with Crippen molar-refractivity contribution in [2.45, 2.75) is 25.4 Å². The van der Waals surface area contributed by atoms with E-state index in [-0.39, 0.29) is 13.1 Å². The van der Waals surface area contributed by atoms with Crippen molar-refractivity contribution in [3.05, 3.63) is 70.8 Å². The van der Waals surface area contributed by atoms with Gasteiger partial charge < -0.3 is 0 Å².